The molecule has 0 aliphatic carbocycles. The normalized spacial score (nSPS) is 19.8. The van der Waals surface area contributed by atoms with Gasteiger partial charge in [-0.2, -0.15) is 4.31 Å². The maximum Gasteiger partial charge on any atom is 0.245 e. The molecule has 3 aromatic rings. The van der Waals surface area contributed by atoms with Crippen molar-refractivity contribution in [3.8, 4) is 0 Å². The molecule has 0 saturated carbocycles. The molecule has 1 fully saturated rings. The molecule has 1 aliphatic rings. The molecule has 3 aromatic heterocycles. The molecule has 0 radical (unpaired) electrons. The van der Waals surface area contributed by atoms with E-state index in [0.29, 0.717) is 19.6 Å². The smallest absolute Gasteiger partial charge is 0.245 e. The number of thiophene rings is 1. The first-order chi connectivity index (χ1) is 11.6. The van der Waals surface area contributed by atoms with Gasteiger partial charge in [-0.25, -0.2) is 13.4 Å². The topological polar surface area (TPSA) is 80.1 Å². The standard InChI is InChI=1S/C15H17N5O2S2/c1-19-5-4-17-15(19)13-10-16-3-6-20(13)24(21,22)11-8-14-12(18-9-11)2-7-23-14/h2,4-5,7-9,13,16H,3,6,10H2,1H3. The number of nitrogens with zero attached hydrogens (tertiary/aromatic N) is 4. The molecular weight excluding hydrogens is 346 g/mol. The van der Waals surface area contributed by atoms with Crippen molar-refractivity contribution in [2.45, 2.75) is 10.9 Å². The van der Waals surface area contributed by atoms with Gasteiger partial charge in [0.25, 0.3) is 0 Å². The lowest BCUT2D eigenvalue weighted by Crippen LogP contribution is -2.49. The summed E-state index contributed by atoms with van der Waals surface area (Å²) in [6.45, 7) is 1.57. The van der Waals surface area contributed by atoms with E-state index in [0.717, 1.165) is 16.0 Å². The molecule has 1 N–H and O–H groups in total. The van der Waals surface area contributed by atoms with Crippen LogP contribution in [-0.2, 0) is 17.1 Å². The number of hydrogen-bond acceptors (Lipinski definition) is 6. The molecule has 24 heavy (non-hydrogen) atoms. The van der Waals surface area contributed by atoms with Crippen molar-refractivity contribution >= 4 is 31.6 Å². The van der Waals surface area contributed by atoms with Gasteiger partial charge in [0.05, 0.1) is 16.3 Å². The molecule has 1 atom stereocenters. The third-order valence-corrected chi connectivity index (χ3v) is 6.96. The monoisotopic (exact) mass is 363 g/mol. The Hall–Kier alpha value is -1.81. The second-order valence-electron chi connectivity index (χ2n) is 5.71. The first-order valence-electron chi connectivity index (χ1n) is 7.60. The summed E-state index contributed by atoms with van der Waals surface area (Å²) in [4.78, 5) is 8.85. The van der Waals surface area contributed by atoms with Gasteiger partial charge in [-0.05, 0) is 17.5 Å². The largest absolute Gasteiger partial charge is 0.337 e. The maximum atomic E-state index is 13.2. The highest BCUT2D eigenvalue weighted by Gasteiger charge is 2.36. The van der Waals surface area contributed by atoms with Crippen LogP contribution < -0.4 is 5.32 Å². The van der Waals surface area contributed by atoms with Crippen LogP contribution in [0.25, 0.3) is 10.2 Å². The summed E-state index contributed by atoms with van der Waals surface area (Å²) in [6, 6.07) is 3.26. The van der Waals surface area contributed by atoms with Crippen LogP contribution in [0.2, 0.25) is 0 Å². The van der Waals surface area contributed by atoms with E-state index in [1.165, 1.54) is 21.8 Å². The van der Waals surface area contributed by atoms with Gasteiger partial charge in [0.1, 0.15) is 10.7 Å². The van der Waals surface area contributed by atoms with Crippen molar-refractivity contribution in [1.82, 2.24) is 24.2 Å². The molecule has 1 saturated heterocycles. The minimum atomic E-state index is -3.64. The summed E-state index contributed by atoms with van der Waals surface area (Å²) in [5.41, 5.74) is 0.819. The third kappa shape index (κ3) is 2.53. The lowest BCUT2D eigenvalue weighted by atomic mass is 10.2. The van der Waals surface area contributed by atoms with E-state index in [-0.39, 0.29) is 10.9 Å². The van der Waals surface area contributed by atoms with Crippen molar-refractivity contribution < 1.29 is 8.42 Å². The Balaban J connectivity index is 1.77. The number of hydrogen-bond donors (Lipinski definition) is 1. The summed E-state index contributed by atoms with van der Waals surface area (Å²) in [6.07, 6.45) is 4.96. The van der Waals surface area contributed by atoms with Gasteiger partial charge in [-0.1, -0.05) is 0 Å². The van der Waals surface area contributed by atoms with Crippen molar-refractivity contribution in [2.75, 3.05) is 19.6 Å². The fraction of sp³-hybridized carbons (Fsp3) is 0.333. The lowest BCUT2D eigenvalue weighted by molar-refractivity contribution is 0.258. The van der Waals surface area contributed by atoms with Crippen LogP contribution in [0.1, 0.15) is 11.9 Å². The molecule has 126 valence electrons. The Labute approximate surface area is 144 Å². The molecule has 7 nitrogen and oxygen atoms in total. The molecule has 4 rings (SSSR count). The third-order valence-electron chi connectivity index (χ3n) is 4.23. The molecule has 1 aliphatic heterocycles. The molecule has 4 heterocycles. The number of fused-ring (bicyclic) bond motifs is 1. The predicted molar refractivity (Wildman–Crippen MR) is 92.3 cm³/mol. The SMILES string of the molecule is Cn1ccnc1C1CNCCN1S(=O)(=O)c1cnc2ccsc2c1. The summed E-state index contributed by atoms with van der Waals surface area (Å²) < 4.78 is 30.7. The van der Waals surface area contributed by atoms with E-state index >= 15 is 0 Å². The Morgan fingerprint density at radius 1 is 1.38 bits per heavy atom. The van der Waals surface area contributed by atoms with Crippen LogP contribution in [0.5, 0.6) is 0 Å². The van der Waals surface area contributed by atoms with Gasteiger partial charge >= 0.3 is 0 Å². The van der Waals surface area contributed by atoms with E-state index in [2.05, 4.69) is 15.3 Å². The van der Waals surface area contributed by atoms with Crippen LogP contribution in [0.4, 0.5) is 0 Å². The van der Waals surface area contributed by atoms with E-state index in [1.54, 1.807) is 12.3 Å². The van der Waals surface area contributed by atoms with Crippen LogP contribution >= 0.6 is 11.3 Å². The van der Waals surface area contributed by atoms with Gasteiger partial charge in [0.15, 0.2) is 0 Å². The number of sulfonamides is 1. The number of imidazole rings is 1. The van der Waals surface area contributed by atoms with Crippen molar-refractivity contribution in [1.29, 1.82) is 0 Å². The Morgan fingerprint density at radius 2 is 2.25 bits per heavy atom. The zero-order chi connectivity index (χ0) is 16.7. The number of nitrogens with one attached hydrogen (secondary N) is 1. The molecule has 1 unspecified atom stereocenters. The van der Waals surface area contributed by atoms with E-state index in [4.69, 9.17) is 0 Å². The Morgan fingerprint density at radius 3 is 3.04 bits per heavy atom. The molecular formula is C15H17N5O2S2. The number of pyridine rings is 1. The highest BCUT2D eigenvalue weighted by molar-refractivity contribution is 7.89. The second-order valence-corrected chi connectivity index (χ2v) is 8.55. The summed E-state index contributed by atoms with van der Waals surface area (Å²) in [7, 11) is -1.76. The van der Waals surface area contributed by atoms with Crippen LogP contribution in [0.15, 0.2) is 41.0 Å². The Bertz CT molecular complexity index is 979. The quantitative estimate of drug-likeness (QED) is 0.760. The van der Waals surface area contributed by atoms with Gasteiger partial charge in [-0.15, -0.1) is 11.3 Å². The van der Waals surface area contributed by atoms with Crippen molar-refractivity contribution in [3.05, 3.63) is 41.9 Å². The average molecular weight is 363 g/mol. The summed E-state index contributed by atoms with van der Waals surface area (Å²) in [5, 5.41) is 5.17. The van der Waals surface area contributed by atoms with Gasteiger partial charge in [0, 0.05) is 45.3 Å². The minimum absolute atomic E-state index is 0.235. The zero-order valence-electron chi connectivity index (χ0n) is 13.1. The molecule has 9 heteroatoms. The fourth-order valence-electron chi connectivity index (χ4n) is 3.00. The summed E-state index contributed by atoms with van der Waals surface area (Å²) >= 11 is 1.49. The highest BCUT2D eigenvalue weighted by atomic mass is 32.2. The van der Waals surface area contributed by atoms with Crippen molar-refractivity contribution in [3.63, 3.8) is 0 Å². The highest BCUT2D eigenvalue weighted by Crippen LogP contribution is 2.29. The first kappa shape index (κ1) is 15.7. The van der Waals surface area contributed by atoms with Crippen LogP contribution in [0, 0.1) is 0 Å². The van der Waals surface area contributed by atoms with Gasteiger partial charge in [-0.3, -0.25) is 4.98 Å². The molecule has 0 amide bonds. The molecule has 0 spiro atoms. The second kappa shape index (κ2) is 5.92. The van der Waals surface area contributed by atoms with E-state index in [1.807, 2.05) is 29.3 Å². The van der Waals surface area contributed by atoms with Crippen molar-refractivity contribution in [2.24, 2.45) is 7.05 Å². The van der Waals surface area contributed by atoms with E-state index in [9.17, 15) is 8.42 Å². The Kier molecular flexibility index (Phi) is 3.87. The van der Waals surface area contributed by atoms with Crippen LogP contribution in [0.3, 0.4) is 0 Å². The predicted octanol–water partition coefficient (Wildman–Crippen LogP) is 1.37. The average Bonchev–Trinajstić information content (AvgIpc) is 3.22. The van der Waals surface area contributed by atoms with E-state index < -0.39 is 10.0 Å². The fourth-order valence-corrected chi connectivity index (χ4v) is 5.41. The minimum Gasteiger partial charge on any atom is -0.337 e. The number of piperazine rings is 1. The zero-order valence-corrected chi connectivity index (χ0v) is 14.7. The van der Waals surface area contributed by atoms with Gasteiger partial charge < -0.3 is 9.88 Å². The van der Waals surface area contributed by atoms with Gasteiger partial charge in [0.2, 0.25) is 10.0 Å². The number of rotatable bonds is 3. The number of aromatic nitrogens is 3. The lowest BCUT2D eigenvalue weighted by Gasteiger charge is -2.34. The van der Waals surface area contributed by atoms with Crippen LogP contribution in [-0.4, -0.2) is 46.9 Å². The maximum absolute atomic E-state index is 13.2. The number of aryl methyl sites for hydroxylation is 1. The molecule has 0 bridgehead atoms. The first-order valence-corrected chi connectivity index (χ1v) is 9.92. The summed E-state index contributed by atoms with van der Waals surface area (Å²) in [5.74, 6) is 0.732. The molecule has 0 aromatic carbocycles.